The van der Waals surface area contributed by atoms with Gasteiger partial charge in [0.15, 0.2) is 17.4 Å². The van der Waals surface area contributed by atoms with Crippen molar-refractivity contribution in [3.05, 3.63) is 42.0 Å². The highest BCUT2D eigenvalue weighted by molar-refractivity contribution is 5.56. The van der Waals surface area contributed by atoms with E-state index < -0.39 is 12.0 Å². The topological polar surface area (TPSA) is 35.0 Å². The van der Waals surface area contributed by atoms with E-state index in [0.717, 1.165) is 31.2 Å². The lowest BCUT2D eigenvalue weighted by Crippen LogP contribution is -2.08. The number of alkyl halides is 1. The van der Waals surface area contributed by atoms with Gasteiger partial charge in [-0.1, -0.05) is 123 Å². The Hall–Kier alpha value is -2.04. The molecule has 1 aromatic carbocycles. The minimum absolute atomic E-state index is 0.152. The molecule has 0 fully saturated rings. The van der Waals surface area contributed by atoms with Gasteiger partial charge in [-0.3, -0.25) is 0 Å². The van der Waals surface area contributed by atoms with E-state index in [4.69, 9.17) is 4.74 Å². The molecule has 1 unspecified atom stereocenters. The Labute approximate surface area is 243 Å². The summed E-state index contributed by atoms with van der Waals surface area (Å²) >= 11 is 0. The van der Waals surface area contributed by atoms with Crippen LogP contribution in [0, 0.1) is 5.82 Å². The maximum absolute atomic E-state index is 14.6. The molecule has 0 aliphatic carbocycles. The first-order chi connectivity index (χ1) is 19.6. The normalized spacial score (nSPS) is 12.1. The van der Waals surface area contributed by atoms with Crippen LogP contribution in [0.5, 0.6) is 5.75 Å². The Morgan fingerprint density at radius 1 is 0.675 bits per heavy atom. The lowest BCUT2D eigenvalue weighted by atomic mass is 10.0. The number of rotatable bonds is 25. The van der Waals surface area contributed by atoms with Crippen LogP contribution in [0.1, 0.15) is 148 Å². The van der Waals surface area contributed by atoms with Crippen molar-refractivity contribution >= 4 is 0 Å². The third-order valence-electron chi connectivity index (χ3n) is 7.77. The lowest BCUT2D eigenvalue weighted by Gasteiger charge is -2.11. The first-order valence-corrected chi connectivity index (χ1v) is 16.5. The number of aryl methyl sites for hydroxylation is 1. The second-order valence-corrected chi connectivity index (χ2v) is 11.5. The number of ether oxygens (including phenoxy) is 1. The third-order valence-corrected chi connectivity index (χ3v) is 7.77. The van der Waals surface area contributed by atoms with Gasteiger partial charge >= 0.3 is 0 Å². The molecule has 1 heterocycles. The average molecular weight is 559 g/mol. The van der Waals surface area contributed by atoms with Crippen molar-refractivity contribution in [2.45, 2.75) is 155 Å². The van der Waals surface area contributed by atoms with Gasteiger partial charge in [0.1, 0.15) is 6.17 Å². The van der Waals surface area contributed by atoms with E-state index in [1.807, 2.05) is 12.4 Å². The van der Waals surface area contributed by atoms with Crippen molar-refractivity contribution in [2.24, 2.45) is 0 Å². The van der Waals surface area contributed by atoms with Crippen LogP contribution in [0.3, 0.4) is 0 Å². The molecule has 2 aromatic rings. The van der Waals surface area contributed by atoms with Gasteiger partial charge in [0, 0.05) is 24.4 Å². The van der Waals surface area contributed by atoms with E-state index in [9.17, 15) is 8.78 Å². The summed E-state index contributed by atoms with van der Waals surface area (Å²) in [5, 5.41) is 0. The summed E-state index contributed by atoms with van der Waals surface area (Å²) in [6, 6.07) is 4.76. The smallest absolute Gasteiger partial charge is 0.165 e. The monoisotopic (exact) mass is 558 g/mol. The van der Waals surface area contributed by atoms with Crippen molar-refractivity contribution in [2.75, 3.05) is 6.61 Å². The van der Waals surface area contributed by atoms with Gasteiger partial charge in [-0.2, -0.15) is 0 Å². The molecule has 40 heavy (non-hydrogen) atoms. The van der Waals surface area contributed by atoms with Crippen LogP contribution in [0.25, 0.3) is 11.4 Å². The number of aromatic nitrogens is 2. The Balaban J connectivity index is 1.59. The molecule has 2 rings (SSSR count). The maximum atomic E-state index is 14.6. The van der Waals surface area contributed by atoms with Gasteiger partial charge in [0.05, 0.1) is 6.61 Å². The molecule has 1 aromatic heterocycles. The molecule has 0 spiro atoms. The van der Waals surface area contributed by atoms with E-state index in [1.54, 1.807) is 12.1 Å². The second kappa shape index (κ2) is 22.6. The molecular formula is C35H56F2N2O. The average Bonchev–Trinajstić information content (AvgIpc) is 2.96. The molecule has 0 saturated carbocycles. The van der Waals surface area contributed by atoms with Crippen LogP contribution in [0.15, 0.2) is 30.6 Å². The molecule has 5 heteroatoms. The molecule has 1 atom stereocenters. The molecule has 0 N–H and O–H groups in total. The quantitative estimate of drug-likeness (QED) is 0.114. The highest BCUT2D eigenvalue weighted by atomic mass is 19.1. The van der Waals surface area contributed by atoms with Gasteiger partial charge in [-0.25, -0.2) is 18.7 Å². The predicted octanol–water partition coefficient (Wildman–Crippen LogP) is 11.4. The number of unbranched alkanes of at least 4 members (excludes halogenated alkanes) is 16. The van der Waals surface area contributed by atoms with Crippen molar-refractivity contribution in [3.8, 4) is 17.1 Å². The van der Waals surface area contributed by atoms with Crippen molar-refractivity contribution in [3.63, 3.8) is 0 Å². The van der Waals surface area contributed by atoms with Gasteiger partial charge in [-0.05, 0) is 43.0 Å². The second-order valence-electron chi connectivity index (χ2n) is 11.5. The van der Waals surface area contributed by atoms with Crippen molar-refractivity contribution in [1.29, 1.82) is 0 Å². The van der Waals surface area contributed by atoms with Crippen LogP contribution in [-0.2, 0) is 6.42 Å². The van der Waals surface area contributed by atoms with Gasteiger partial charge in [0.2, 0.25) is 0 Å². The summed E-state index contributed by atoms with van der Waals surface area (Å²) in [4.78, 5) is 8.93. The molecule has 0 bridgehead atoms. The minimum atomic E-state index is -0.893. The van der Waals surface area contributed by atoms with Crippen molar-refractivity contribution in [1.82, 2.24) is 9.97 Å². The molecular weight excluding hydrogens is 502 g/mol. The van der Waals surface area contributed by atoms with Crippen LogP contribution in [0.4, 0.5) is 8.78 Å². The summed E-state index contributed by atoms with van der Waals surface area (Å²) in [6.45, 7) is 4.64. The van der Waals surface area contributed by atoms with Gasteiger partial charge < -0.3 is 4.74 Å². The summed E-state index contributed by atoms with van der Waals surface area (Å²) < 4.78 is 34.3. The fourth-order valence-corrected chi connectivity index (χ4v) is 5.15. The lowest BCUT2D eigenvalue weighted by molar-refractivity contribution is 0.217. The Morgan fingerprint density at radius 3 is 1.75 bits per heavy atom. The Morgan fingerprint density at radius 2 is 1.20 bits per heavy atom. The Bertz CT molecular complexity index is 874. The van der Waals surface area contributed by atoms with E-state index in [0.29, 0.717) is 24.2 Å². The van der Waals surface area contributed by atoms with Gasteiger partial charge in [-0.15, -0.1) is 0 Å². The van der Waals surface area contributed by atoms with Crippen LogP contribution in [0.2, 0.25) is 0 Å². The number of hydrogen-bond donors (Lipinski definition) is 0. The first kappa shape index (κ1) is 34.2. The highest BCUT2D eigenvalue weighted by Crippen LogP contribution is 2.24. The molecule has 0 aliphatic rings. The Kier molecular flexibility index (Phi) is 19.3. The molecule has 3 nitrogen and oxygen atoms in total. The molecule has 226 valence electrons. The van der Waals surface area contributed by atoms with Crippen LogP contribution < -0.4 is 4.74 Å². The number of halogens is 2. The van der Waals surface area contributed by atoms with E-state index in [-0.39, 0.29) is 12.4 Å². The molecule has 0 radical (unpaired) electrons. The molecule has 0 saturated heterocycles. The number of nitrogens with zero attached hydrogens (tertiary/aromatic N) is 2. The summed E-state index contributed by atoms with van der Waals surface area (Å²) in [5.41, 5.74) is 1.74. The van der Waals surface area contributed by atoms with E-state index in [1.165, 1.54) is 102 Å². The van der Waals surface area contributed by atoms with Crippen molar-refractivity contribution < 1.29 is 13.5 Å². The number of benzene rings is 1. The summed E-state index contributed by atoms with van der Waals surface area (Å²) in [5.74, 6) is 0.193. The maximum Gasteiger partial charge on any atom is 0.165 e. The standard InChI is InChI=1S/C35H56F2N2O/c1-3-5-7-9-11-12-13-14-15-16-17-19-21-30-28-38-35(39-29-30)31-23-24-34(33(37)27-31)40-26-25-32(36)22-20-18-10-8-6-4-2/h23-24,27-29,32H,3-22,25-26H2,1-2H3. The fraction of sp³-hybridized carbons (Fsp3) is 0.714. The van der Waals surface area contributed by atoms with Crippen LogP contribution in [-0.4, -0.2) is 22.7 Å². The SMILES string of the molecule is CCCCCCCCCCCCCCc1cnc(-c2ccc(OCCC(F)CCCCCCCC)c(F)c2)nc1. The third kappa shape index (κ3) is 15.7. The predicted molar refractivity (Wildman–Crippen MR) is 165 cm³/mol. The fourth-order valence-electron chi connectivity index (χ4n) is 5.15. The highest BCUT2D eigenvalue weighted by Gasteiger charge is 2.11. The zero-order valence-electron chi connectivity index (χ0n) is 25.6. The molecule has 0 aliphatic heterocycles. The zero-order chi connectivity index (χ0) is 28.7. The van der Waals surface area contributed by atoms with E-state index in [2.05, 4.69) is 23.8 Å². The van der Waals surface area contributed by atoms with Gasteiger partial charge in [0.25, 0.3) is 0 Å². The summed E-state index contributed by atoms with van der Waals surface area (Å²) in [6.07, 6.45) is 27.6. The first-order valence-electron chi connectivity index (χ1n) is 16.5. The minimum Gasteiger partial charge on any atom is -0.490 e. The number of hydrogen-bond acceptors (Lipinski definition) is 3. The van der Waals surface area contributed by atoms with Crippen LogP contribution >= 0.6 is 0 Å². The molecule has 0 amide bonds. The summed E-state index contributed by atoms with van der Waals surface area (Å²) in [7, 11) is 0. The zero-order valence-corrected chi connectivity index (χ0v) is 25.6. The largest absolute Gasteiger partial charge is 0.490 e. The van der Waals surface area contributed by atoms with E-state index >= 15 is 0 Å².